The van der Waals surface area contributed by atoms with Crippen molar-refractivity contribution in [1.82, 2.24) is 0 Å². The maximum Gasteiger partial charge on any atom is -0.0244 e. The molecule has 118 valence electrons. The first-order valence-corrected chi connectivity index (χ1v) is 9.05. The first kappa shape index (κ1) is 18.0. The molecule has 21 heavy (non-hydrogen) atoms. The molecule has 1 rings (SSSR count). The number of unbranched alkanes of at least 4 members (excludes halogenated alkanes) is 7. The Kier molecular flexibility index (Phi) is 10.9. The topological polar surface area (TPSA) is 0 Å². The van der Waals surface area contributed by atoms with Gasteiger partial charge in [-0.2, -0.15) is 0 Å². The van der Waals surface area contributed by atoms with Crippen LogP contribution in [0, 0.1) is 0 Å². The largest absolute Gasteiger partial charge is 0.0917 e. The van der Waals surface area contributed by atoms with Crippen LogP contribution in [0.4, 0.5) is 0 Å². The van der Waals surface area contributed by atoms with Gasteiger partial charge in [0.15, 0.2) is 0 Å². The zero-order valence-electron chi connectivity index (χ0n) is 14.2. The summed E-state index contributed by atoms with van der Waals surface area (Å²) in [7, 11) is 0. The fourth-order valence-electron chi connectivity index (χ4n) is 2.75. The molecule has 0 fully saturated rings. The van der Waals surface area contributed by atoms with Gasteiger partial charge in [-0.05, 0) is 43.7 Å². The van der Waals surface area contributed by atoms with Crippen molar-refractivity contribution in [1.29, 1.82) is 0 Å². The van der Waals surface area contributed by atoms with E-state index in [0.29, 0.717) is 0 Å². The Bertz CT molecular complexity index is 358. The third kappa shape index (κ3) is 9.50. The molecule has 0 aliphatic rings. The molecular formula is C21H34. The van der Waals surface area contributed by atoms with Crippen LogP contribution in [-0.2, 0) is 12.8 Å². The van der Waals surface area contributed by atoms with Crippen LogP contribution in [0.25, 0.3) is 0 Å². The molecule has 0 unspecified atom stereocenters. The molecular weight excluding hydrogens is 252 g/mol. The molecule has 0 saturated carbocycles. The highest BCUT2D eigenvalue weighted by atomic mass is 14.0. The van der Waals surface area contributed by atoms with E-state index in [1.807, 2.05) is 0 Å². The molecule has 0 amide bonds. The second-order valence-electron chi connectivity index (χ2n) is 6.15. The van der Waals surface area contributed by atoms with E-state index >= 15 is 0 Å². The van der Waals surface area contributed by atoms with Crippen molar-refractivity contribution in [2.45, 2.75) is 84.5 Å². The molecule has 1 aromatic carbocycles. The van der Waals surface area contributed by atoms with Crippen LogP contribution >= 0.6 is 0 Å². The number of rotatable bonds is 12. The Balaban J connectivity index is 2.07. The second-order valence-corrected chi connectivity index (χ2v) is 6.15. The molecule has 1 aromatic rings. The molecule has 0 heteroatoms. The number of allylic oxidation sites excluding steroid dienone is 2. The summed E-state index contributed by atoms with van der Waals surface area (Å²) in [6.07, 6.45) is 19.2. The molecule has 0 bridgehead atoms. The third-order valence-corrected chi connectivity index (χ3v) is 4.18. The van der Waals surface area contributed by atoms with Crippen LogP contribution in [0.1, 0.15) is 82.8 Å². The van der Waals surface area contributed by atoms with E-state index in [1.54, 1.807) is 0 Å². The summed E-state index contributed by atoms with van der Waals surface area (Å²) in [5.74, 6) is 0. The van der Waals surface area contributed by atoms with Crippen LogP contribution < -0.4 is 0 Å². The first-order chi connectivity index (χ1) is 10.4. The summed E-state index contributed by atoms with van der Waals surface area (Å²) < 4.78 is 0. The van der Waals surface area contributed by atoms with E-state index in [4.69, 9.17) is 0 Å². The van der Waals surface area contributed by atoms with Crippen molar-refractivity contribution in [2.24, 2.45) is 0 Å². The van der Waals surface area contributed by atoms with Crippen molar-refractivity contribution in [3.05, 3.63) is 47.5 Å². The standard InChI is InChI=1S/C21H34/c1-3-5-7-8-9-10-11-13-15-21-18-16-20(17-19-21)14-12-6-4-2/h4,6,16-19H,3,5,7-15H2,1-2H3. The SMILES string of the molecule is CC=CCCc1ccc(CCCCCCCCCC)cc1. The summed E-state index contributed by atoms with van der Waals surface area (Å²) >= 11 is 0. The predicted molar refractivity (Wildman–Crippen MR) is 95.9 cm³/mol. The van der Waals surface area contributed by atoms with Crippen LogP contribution in [0.15, 0.2) is 36.4 Å². The van der Waals surface area contributed by atoms with Gasteiger partial charge in [-0.15, -0.1) is 0 Å². The van der Waals surface area contributed by atoms with E-state index in [9.17, 15) is 0 Å². The maximum atomic E-state index is 2.33. The van der Waals surface area contributed by atoms with Gasteiger partial charge in [0.1, 0.15) is 0 Å². The van der Waals surface area contributed by atoms with Crippen molar-refractivity contribution >= 4 is 0 Å². The molecule has 0 saturated heterocycles. The summed E-state index contributed by atoms with van der Waals surface area (Å²) in [5.41, 5.74) is 2.98. The minimum atomic E-state index is 1.16. The van der Waals surface area contributed by atoms with Gasteiger partial charge in [-0.3, -0.25) is 0 Å². The number of benzene rings is 1. The minimum Gasteiger partial charge on any atom is -0.0917 e. The fourth-order valence-corrected chi connectivity index (χ4v) is 2.75. The number of hydrogen-bond donors (Lipinski definition) is 0. The van der Waals surface area contributed by atoms with Crippen LogP contribution in [0.2, 0.25) is 0 Å². The quantitative estimate of drug-likeness (QED) is 0.290. The monoisotopic (exact) mass is 286 g/mol. The average molecular weight is 287 g/mol. The molecule has 0 radical (unpaired) electrons. The van der Waals surface area contributed by atoms with Crippen molar-refractivity contribution in [3.8, 4) is 0 Å². The lowest BCUT2D eigenvalue weighted by Crippen LogP contribution is -1.89. The van der Waals surface area contributed by atoms with Crippen molar-refractivity contribution in [3.63, 3.8) is 0 Å². The average Bonchev–Trinajstić information content (AvgIpc) is 2.52. The van der Waals surface area contributed by atoms with Gasteiger partial charge in [-0.1, -0.05) is 88.3 Å². The first-order valence-electron chi connectivity index (χ1n) is 9.05. The maximum absolute atomic E-state index is 2.33. The smallest absolute Gasteiger partial charge is 0.0244 e. The lowest BCUT2D eigenvalue weighted by atomic mass is 10.0. The summed E-state index contributed by atoms with van der Waals surface area (Å²) in [4.78, 5) is 0. The number of hydrogen-bond acceptors (Lipinski definition) is 0. The molecule has 0 nitrogen and oxygen atoms in total. The Morgan fingerprint density at radius 1 is 0.714 bits per heavy atom. The second kappa shape index (κ2) is 12.7. The van der Waals surface area contributed by atoms with Gasteiger partial charge in [0.25, 0.3) is 0 Å². The Hall–Kier alpha value is -1.04. The molecule has 0 aliphatic carbocycles. The van der Waals surface area contributed by atoms with Crippen LogP contribution in [0.5, 0.6) is 0 Å². The highest BCUT2D eigenvalue weighted by Gasteiger charge is 1.96. The van der Waals surface area contributed by atoms with Gasteiger partial charge in [0, 0.05) is 0 Å². The van der Waals surface area contributed by atoms with E-state index in [-0.39, 0.29) is 0 Å². The summed E-state index contributed by atoms with van der Waals surface area (Å²) in [6.45, 7) is 4.37. The highest BCUT2D eigenvalue weighted by Crippen LogP contribution is 2.13. The molecule has 0 spiro atoms. The van der Waals surface area contributed by atoms with Gasteiger partial charge < -0.3 is 0 Å². The van der Waals surface area contributed by atoms with E-state index in [1.165, 1.54) is 75.3 Å². The predicted octanol–water partition coefficient (Wildman–Crippen LogP) is 6.88. The Morgan fingerprint density at radius 2 is 1.24 bits per heavy atom. The molecule has 0 N–H and O–H groups in total. The molecule has 0 heterocycles. The molecule has 0 aliphatic heterocycles. The lowest BCUT2D eigenvalue weighted by molar-refractivity contribution is 0.575. The van der Waals surface area contributed by atoms with Crippen molar-refractivity contribution < 1.29 is 0 Å². The van der Waals surface area contributed by atoms with Gasteiger partial charge in [0.2, 0.25) is 0 Å². The third-order valence-electron chi connectivity index (χ3n) is 4.18. The Morgan fingerprint density at radius 3 is 1.81 bits per heavy atom. The fraction of sp³-hybridized carbons (Fsp3) is 0.619. The number of aryl methyl sites for hydroxylation is 2. The zero-order valence-corrected chi connectivity index (χ0v) is 14.2. The summed E-state index contributed by atoms with van der Waals surface area (Å²) in [5, 5.41) is 0. The van der Waals surface area contributed by atoms with Crippen LogP contribution in [0.3, 0.4) is 0 Å². The molecule has 0 aromatic heterocycles. The summed E-state index contributed by atoms with van der Waals surface area (Å²) in [6, 6.07) is 9.27. The van der Waals surface area contributed by atoms with Gasteiger partial charge >= 0.3 is 0 Å². The molecule has 0 atom stereocenters. The van der Waals surface area contributed by atoms with Gasteiger partial charge in [0.05, 0.1) is 0 Å². The zero-order chi connectivity index (χ0) is 15.2. The minimum absolute atomic E-state index is 1.16. The van der Waals surface area contributed by atoms with E-state index in [0.717, 1.165) is 6.42 Å². The normalized spacial score (nSPS) is 11.3. The van der Waals surface area contributed by atoms with Gasteiger partial charge in [-0.25, -0.2) is 0 Å². The Labute approximate surface area is 132 Å². The van der Waals surface area contributed by atoms with E-state index < -0.39 is 0 Å². The lowest BCUT2D eigenvalue weighted by Gasteiger charge is -2.04. The van der Waals surface area contributed by atoms with Crippen molar-refractivity contribution in [2.75, 3.05) is 0 Å². The van der Waals surface area contributed by atoms with E-state index in [2.05, 4.69) is 50.3 Å². The highest BCUT2D eigenvalue weighted by molar-refractivity contribution is 5.23. The van der Waals surface area contributed by atoms with Crippen LogP contribution in [-0.4, -0.2) is 0 Å².